The Hall–Kier alpha value is -2.46. The Labute approximate surface area is 140 Å². The predicted molar refractivity (Wildman–Crippen MR) is 95.8 cm³/mol. The Morgan fingerprint density at radius 3 is 2.65 bits per heavy atom. The summed E-state index contributed by atoms with van der Waals surface area (Å²) in [6.45, 7) is 4.04. The molecule has 1 amide bonds. The molecule has 2 aromatic carbocycles. The van der Waals surface area contributed by atoms with Crippen LogP contribution in [0.15, 0.2) is 53.9 Å². The van der Waals surface area contributed by atoms with Gasteiger partial charge in [-0.3, -0.25) is 4.79 Å². The maximum Gasteiger partial charge on any atom is 0.230 e. The van der Waals surface area contributed by atoms with Crippen molar-refractivity contribution in [3.8, 4) is 10.6 Å². The van der Waals surface area contributed by atoms with Gasteiger partial charge in [-0.1, -0.05) is 48.0 Å². The minimum absolute atomic E-state index is 0.0399. The highest BCUT2D eigenvalue weighted by molar-refractivity contribution is 7.13. The van der Waals surface area contributed by atoms with Crippen LogP contribution in [0.3, 0.4) is 0 Å². The Balaban J connectivity index is 1.68. The second-order valence-corrected chi connectivity index (χ2v) is 6.41. The first kappa shape index (κ1) is 15.4. The van der Waals surface area contributed by atoms with Crippen LogP contribution >= 0.6 is 11.3 Å². The lowest BCUT2D eigenvalue weighted by Crippen LogP contribution is -2.15. The first-order chi connectivity index (χ1) is 11.1. The van der Waals surface area contributed by atoms with Crippen molar-refractivity contribution >= 4 is 22.9 Å². The second kappa shape index (κ2) is 6.75. The number of thiazole rings is 1. The van der Waals surface area contributed by atoms with Gasteiger partial charge in [0.05, 0.1) is 12.1 Å². The molecule has 0 saturated heterocycles. The van der Waals surface area contributed by atoms with E-state index in [9.17, 15) is 4.79 Å². The summed E-state index contributed by atoms with van der Waals surface area (Å²) >= 11 is 1.56. The van der Waals surface area contributed by atoms with Crippen LogP contribution in [0.25, 0.3) is 10.6 Å². The molecule has 116 valence electrons. The standard InChI is InChI=1S/C19H18N2OS/c1-13-8-9-17(14(2)10-13)21-18(22)11-16-12-23-19(20-16)15-6-4-3-5-7-15/h3-10,12H,11H2,1-2H3,(H,21,22). The minimum Gasteiger partial charge on any atom is -0.326 e. The number of aryl methyl sites for hydroxylation is 2. The van der Waals surface area contributed by atoms with E-state index in [2.05, 4.69) is 16.4 Å². The first-order valence-electron chi connectivity index (χ1n) is 7.49. The molecule has 0 fully saturated rings. The lowest BCUT2D eigenvalue weighted by atomic mass is 10.1. The van der Waals surface area contributed by atoms with Crippen molar-refractivity contribution in [3.05, 3.63) is 70.7 Å². The molecule has 0 atom stereocenters. The molecule has 0 aliphatic heterocycles. The van der Waals surface area contributed by atoms with Crippen molar-refractivity contribution < 1.29 is 4.79 Å². The van der Waals surface area contributed by atoms with Crippen molar-refractivity contribution in [1.29, 1.82) is 0 Å². The van der Waals surface area contributed by atoms with E-state index in [0.29, 0.717) is 0 Å². The van der Waals surface area contributed by atoms with Crippen LogP contribution in [0.1, 0.15) is 16.8 Å². The third-order valence-electron chi connectivity index (χ3n) is 3.57. The van der Waals surface area contributed by atoms with Gasteiger partial charge in [0.1, 0.15) is 5.01 Å². The lowest BCUT2D eigenvalue weighted by Gasteiger charge is -2.08. The summed E-state index contributed by atoms with van der Waals surface area (Å²) < 4.78 is 0. The van der Waals surface area contributed by atoms with Crippen molar-refractivity contribution in [1.82, 2.24) is 4.98 Å². The van der Waals surface area contributed by atoms with E-state index >= 15 is 0 Å². The lowest BCUT2D eigenvalue weighted by molar-refractivity contribution is -0.115. The average Bonchev–Trinajstić information content (AvgIpc) is 2.99. The van der Waals surface area contributed by atoms with E-state index in [1.165, 1.54) is 5.56 Å². The number of carbonyl (C=O) groups excluding carboxylic acids is 1. The Bertz CT molecular complexity index is 824. The van der Waals surface area contributed by atoms with Gasteiger partial charge in [-0.05, 0) is 25.5 Å². The topological polar surface area (TPSA) is 42.0 Å². The van der Waals surface area contributed by atoms with Gasteiger partial charge in [0.25, 0.3) is 0 Å². The zero-order valence-electron chi connectivity index (χ0n) is 13.2. The van der Waals surface area contributed by atoms with Crippen LogP contribution in [0.2, 0.25) is 0 Å². The molecule has 3 rings (SSSR count). The van der Waals surface area contributed by atoms with Gasteiger partial charge in [-0.25, -0.2) is 4.98 Å². The second-order valence-electron chi connectivity index (χ2n) is 5.55. The molecule has 0 spiro atoms. The molecule has 1 aromatic heterocycles. The number of benzene rings is 2. The fourth-order valence-corrected chi connectivity index (χ4v) is 3.24. The van der Waals surface area contributed by atoms with Crippen LogP contribution in [0, 0.1) is 13.8 Å². The number of hydrogen-bond acceptors (Lipinski definition) is 3. The highest BCUT2D eigenvalue weighted by Gasteiger charge is 2.10. The molecule has 0 radical (unpaired) electrons. The molecule has 0 aliphatic carbocycles. The molecule has 1 heterocycles. The van der Waals surface area contributed by atoms with Gasteiger partial charge in [-0.2, -0.15) is 0 Å². The highest BCUT2D eigenvalue weighted by Crippen LogP contribution is 2.23. The van der Waals surface area contributed by atoms with E-state index < -0.39 is 0 Å². The van der Waals surface area contributed by atoms with Crippen molar-refractivity contribution in [2.24, 2.45) is 0 Å². The molecule has 3 nitrogen and oxygen atoms in total. The van der Waals surface area contributed by atoms with E-state index in [1.54, 1.807) is 11.3 Å². The van der Waals surface area contributed by atoms with Crippen LogP contribution in [0.5, 0.6) is 0 Å². The summed E-state index contributed by atoms with van der Waals surface area (Å²) in [6.07, 6.45) is 0.288. The summed E-state index contributed by atoms with van der Waals surface area (Å²) in [5.74, 6) is -0.0399. The summed E-state index contributed by atoms with van der Waals surface area (Å²) in [6, 6.07) is 16.0. The van der Waals surface area contributed by atoms with Gasteiger partial charge in [0, 0.05) is 16.6 Å². The van der Waals surface area contributed by atoms with Gasteiger partial charge in [0.2, 0.25) is 5.91 Å². The van der Waals surface area contributed by atoms with Gasteiger partial charge in [-0.15, -0.1) is 11.3 Å². The first-order valence-corrected chi connectivity index (χ1v) is 8.37. The van der Waals surface area contributed by atoms with E-state index in [1.807, 2.05) is 61.7 Å². The third-order valence-corrected chi connectivity index (χ3v) is 4.51. The Kier molecular flexibility index (Phi) is 4.53. The minimum atomic E-state index is -0.0399. The fraction of sp³-hybridized carbons (Fsp3) is 0.158. The molecule has 0 unspecified atom stereocenters. The van der Waals surface area contributed by atoms with E-state index in [0.717, 1.165) is 27.5 Å². The summed E-state index contributed by atoms with van der Waals surface area (Å²) in [4.78, 5) is 16.8. The number of hydrogen-bond donors (Lipinski definition) is 1. The summed E-state index contributed by atoms with van der Waals surface area (Å²) in [5, 5.41) is 5.85. The van der Waals surface area contributed by atoms with Gasteiger partial charge in [0.15, 0.2) is 0 Å². The van der Waals surface area contributed by atoms with Crippen LogP contribution in [-0.4, -0.2) is 10.9 Å². The molecule has 4 heteroatoms. The SMILES string of the molecule is Cc1ccc(NC(=O)Cc2csc(-c3ccccc3)n2)c(C)c1. The van der Waals surface area contributed by atoms with Crippen molar-refractivity contribution in [2.45, 2.75) is 20.3 Å². The van der Waals surface area contributed by atoms with Crippen molar-refractivity contribution in [3.63, 3.8) is 0 Å². The molecular weight excluding hydrogens is 304 g/mol. The molecule has 23 heavy (non-hydrogen) atoms. The van der Waals surface area contributed by atoms with Crippen molar-refractivity contribution in [2.75, 3.05) is 5.32 Å². The van der Waals surface area contributed by atoms with E-state index in [4.69, 9.17) is 0 Å². The highest BCUT2D eigenvalue weighted by atomic mass is 32.1. The molecule has 3 aromatic rings. The number of aromatic nitrogens is 1. The number of nitrogens with zero attached hydrogens (tertiary/aromatic N) is 1. The fourth-order valence-electron chi connectivity index (χ4n) is 2.41. The maximum absolute atomic E-state index is 12.2. The van der Waals surface area contributed by atoms with Crippen LogP contribution < -0.4 is 5.32 Å². The molecule has 0 aliphatic rings. The zero-order valence-corrected chi connectivity index (χ0v) is 14.0. The van der Waals surface area contributed by atoms with E-state index in [-0.39, 0.29) is 12.3 Å². The summed E-state index contributed by atoms with van der Waals surface area (Å²) in [5.41, 5.74) is 5.00. The zero-order chi connectivity index (χ0) is 16.2. The number of nitrogens with one attached hydrogen (secondary N) is 1. The predicted octanol–water partition coefficient (Wildman–Crippen LogP) is 4.61. The maximum atomic E-state index is 12.2. The quantitative estimate of drug-likeness (QED) is 0.762. The average molecular weight is 322 g/mol. The number of rotatable bonds is 4. The largest absolute Gasteiger partial charge is 0.326 e. The molecular formula is C19H18N2OS. The molecule has 1 N–H and O–H groups in total. The van der Waals surface area contributed by atoms with Crippen LogP contribution in [-0.2, 0) is 11.2 Å². The molecule has 0 bridgehead atoms. The Morgan fingerprint density at radius 1 is 1.13 bits per heavy atom. The molecule has 0 saturated carbocycles. The number of anilines is 1. The third kappa shape index (κ3) is 3.85. The number of carbonyl (C=O) groups is 1. The monoisotopic (exact) mass is 322 g/mol. The van der Waals surface area contributed by atoms with Gasteiger partial charge >= 0.3 is 0 Å². The Morgan fingerprint density at radius 2 is 1.91 bits per heavy atom. The van der Waals surface area contributed by atoms with Crippen LogP contribution in [0.4, 0.5) is 5.69 Å². The number of amides is 1. The van der Waals surface area contributed by atoms with Gasteiger partial charge < -0.3 is 5.32 Å². The summed E-state index contributed by atoms with van der Waals surface area (Å²) in [7, 11) is 0. The normalized spacial score (nSPS) is 10.5. The smallest absolute Gasteiger partial charge is 0.230 e.